The summed E-state index contributed by atoms with van der Waals surface area (Å²) in [6.07, 6.45) is 3.72. The maximum absolute atomic E-state index is 11.2. The molecule has 1 saturated heterocycles. The monoisotopic (exact) mass is 164 g/mol. The van der Waals surface area contributed by atoms with Crippen LogP contribution in [0.15, 0.2) is 12.7 Å². The molecule has 64 valence electrons. The molecule has 0 unspecified atom stereocenters. The highest BCUT2D eigenvalue weighted by Crippen LogP contribution is 2.19. The van der Waals surface area contributed by atoms with Gasteiger partial charge >= 0.3 is 0 Å². The van der Waals surface area contributed by atoms with Crippen molar-refractivity contribution >= 4 is 5.91 Å². The Morgan fingerprint density at radius 2 is 2.58 bits per heavy atom. The number of rotatable bonds is 2. The van der Waals surface area contributed by atoms with Gasteiger partial charge in [0.1, 0.15) is 0 Å². The maximum atomic E-state index is 11.2. The Hall–Kier alpha value is -1.30. The van der Waals surface area contributed by atoms with E-state index in [4.69, 9.17) is 5.26 Å². The van der Waals surface area contributed by atoms with Crippen LogP contribution in [-0.2, 0) is 4.79 Å². The van der Waals surface area contributed by atoms with E-state index in [0.717, 1.165) is 19.4 Å². The van der Waals surface area contributed by atoms with Gasteiger partial charge in [-0.15, -0.1) is 0 Å². The minimum atomic E-state index is -0.0484. The molecule has 1 aliphatic rings. The van der Waals surface area contributed by atoms with Gasteiger partial charge < -0.3 is 4.90 Å². The zero-order valence-electron chi connectivity index (χ0n) is 6.99. The minimum absolute atomic E-state index is 0.0484. The van der Waals surface area contributed by atoms with Crippen molar-refractivity contribution in [3.63, 3.8) is 0 Å². The van der Waals surface area contributed by atoms with Gasteiger partial charge in [-0.05, 0) is 18.9 Å². The van der Waals surface area contributed by atoms with Gasteiger partial charge in [0, 0.05) is 12.6 Å². The summed E-state index contributed by atoms with van der Waals surface area (Å²) in [7, 11) is 0. The molecule has 1 fully saturated rings. The highest BCUT2D eigenvalue weighted by Gasteiger charge is 2.26. The van der Waals surface area contributed by atoms with Crippen LogP contribution >= 0.6 is 0 Å². The van der Waals surface area contributed by atoms with E-state index < -0.39 is 0 Å². The third-order valence-corrected chi connectivity index (χ3v) is 2.16. The summed E-state index contributed by atoms with van der Waals surface area (Å²) in [6.45, 7) is 4.20. The highest BCUT2D eigenvalue weighted by molar-refractivity contribution is 5.87. The van der Waals surface area contributed by atoms with E-state index in [0.29, 0.717) is 6.42 Å². The molecule has 3 heteroatoms. The molecule has 0 saturated carbocycles. The van der Waals surface area contributed by atoms with Gasteiger partial charge in [0.2, 0.25) is 5.91 Å². The number of nitriles is 1. The lowest BCUT2D eigenvalue weighted by atomic mass is 10.1. The van der Waals surface area contributed by atoms with E-state index in [1.165, 1.54) is 6.08 Å². The first-order valence-electron chi connectivity index (χ1n) is 4.09. The molecule has 0 aromatic rings. The lowest BCUT2D eigenvalue weighted by Gasteiger charge is -2.20. The molecule has 1 rings (SSSR count). The largest absolute Gasteiger partial charge is 0.335 e. The zero-order chi connectivity index (χ0) is 8.97. The van der Waals surface area contributed by atoms with Crippen molar-refractivity contribution in [3.8, 4) is 6.07 Å². The van der Waals surface area contributed by atoms with E-state index in [-0.39, 0.29) is 11.9 Å². The summed E-state index contributed by atoms with van der Waals surface area (Å²) in [5.74, 6) is -0.0484. The van der Waals surface area contributed by atoms with Gasteiger partial charge in [0.15, 0.2) is 0 Å². The van der Waals surface area contributed by atoms with Crippen molar-refractivity contribution < 1.29 is 4.79 Å². The van der Waals surface area contributed by atoms with Crippen molar-refractivity contribution in [2.45, 2.75) is 25.3 Å². The second-order valence-corrected chi connectivity index (χ2v) is 2.89. The SMILES string of the molecule is C=CC(=O)N1CCC[C@H]1CC#N. The first-order valence-corrected chi connectivity index (χ1v) is 4.09. The molecular weight excluding hydrogens is 152 g/mol. The third-order valence-electron chi connectivity index (χ3n) is 2.16. The van der Waals surface area contributed by atoms with Crippen molar-refractivity contribution in [1.82, 2.24) is 4.90 Å². The quantitative estimate of drug-likeness (QED) is 0.573. The smallest absolute Gasteiger partial charge is 0.246 e. The van der Waals surface area contributed by atoms with Gasteiger partial charge in [-0.2, -0.15) is 5.26 Å². The van der Waals surface area contributed by atoms with Crippen molar-refractivity contribution in [2.24, 2.45) is 0 Å². The van der Waals surface area contributed by atoms with Gasteiger partial charge in [0.25, 0.3) is 0 Å². The van der Waals surface area contributed by atoms with Crippen molar-refractivity contribution in [3.05, 3.63) is 12.7 Å². The standard InChI is InChI=1S/C9H12N2O/c1-2-9(12)11-7-3-4-8(11)5-6-10/h2,8H,1,3-5,7H2/t8-/m0/s1. The average Bonchev–Trinajstić information content (AvgIpc) is 2.52. The number of carbonyl (C=O) groups is 1. The molecule has 0 aromatic carbocycles. The topological polar surface area (TPSA) is 44.1 Å². The Kier molecular flexibility index (Phi) is 2.87. The maximum Gasteiger partial charge on any atom is 0.246 e. The summed E-state index contributed by atoms with van der Waals surface area (Å²) in [5.41, 5.74) is 0. The summed E-state index contributed by atoms with van der Waals surface area (Å²) in [5, 5.41) is 8.49. The van der Waals surface area contributed by atoms with Crippen LogP contribution in [0.25, 0.3) is 0 Å². The summed E-state index contributed by atoms with van der Waals surface area (Å²) in [4.78, 5) is 12.9. The predicted octanol–water partition coefficient (Wildman–Crippen LogP) is 1.08. The molecule has 0 aromatic heterocycles. The number of carbonyl (C=O) groups excluding carboxylic acids is 1. The predicted molar refractivity (Wildman–Crippen MR) is 45.2 cm³/mol. The van der Waals surface area contributed by atoms with Crippen LogP contribution < -0.4 is 0 Å². The number of amides is 1. The Morgan fingerprint density at radius 1 is 1.83 bits per heavy atom. The number of nitrogens with zero attached hydrogens (tertiary/aromatic N) is 2. The molecule has 1 heterocycles. The lowest BCUT2D eigenvalue weighted by molar-refractivity contribution is -0.126. The third kappa shape index (κ3) is 1.65. The Morgan fingerprint density at radius 3 is 3.17 bits per heavy atom. The second kappa shape index (κ2) is 3.91. The van der Waals surface area contributed by atoms with Gasteiger partial charge in [-0.25, -0.2) is 0 Å². The number of likely N-dealkylation sites (tertiary alicyclic amines) is 1. The van der Waals surface area contributed by atoms with Crippen LogP contribution in [0.5, 0.6) is 0 Å². The Balaban J connectivity index is 2.58. The normalized spacial score (nSPS) is 21.9. The Bertz CT molecular complexity index is 229. The van der Waals surface area contributed by atoms with Crippen LogP contribution in [0.3, 0.4) is 0 Å². The van der Waals surface area contributed by atoms with E-state index in [2.05, 4.69) is 12.6 Å². The van der Waals surface area contributed by atoms with E-state index >= 15 is 0 Å². The molecule has 3 nitrogen and oxygen atoms in total. The van der Waals surface area contributed by atoms with Crippen molar-refractivity contribution in [1.29, 1.82) is 5.26 Å². The lowest BCUT2D eigenvalue weighted by Crippen LogP contribution is -2.33. The molecule has 1 aliphatic heterocycles. The van der Waals surface area contributed by atoms with Gasteiger partial charge in [0.05, 0.1) is 12.5 Å². The van der Waals surface area contributed by atoms with Crippen LogP contribution in [0.1, 0.15) is 19.3 Å². The highest BCUT2D eigenvalue weighted by atomic mass is 16.2. The molecule has 0 aliphatic carbocycles. The minimum Gasteiger partial charge on any atom is -0.335 e. The fourth-order valence-corrected chi connectivity index (χ4v) is 1.56. The van der Waals surface area contributed by atoms with E-state index in [9.17, 15) is 4.79 Å². The number of hydrogen-bond acceptors (Lipinski definition) is 2. The van der Waals surface area contributed by atoms with Gasteiger partial charge in [-0.3, -0.25) is 4.79 Å². The van der Waals surface area contributed by atoms with Gasteiger partial charge in [-0.1, -0.05) is 6.58 Å². The fourth-order valence-electron chi connectivity index (χ4n) is 1.56. The summed E-state index contributed by atoms with van der Waals surface area (Å²) < 4.78 is 0. The molecule has 0 spiro atoms. The molecule has 0 N–H and O–H groups in total. The van der Waals surface area contributed by atoms with E-state index in [1.54, 1.807) is 4.90 Å². The summed E-state index contributed by atoms with van der Waals surface area (Å²) in [6, 6.07) is 2.22. The van der Waals surface area contributed by atoms with Crippen LogP contribution in [0.4, 0.5) is 0 Å². The zero-order valence-corrected chi connectivity index (χ0v) is 6.99. The molecule has 1 amide bonds. The van der Waals surface area contributed by atoms with Crippen LogP contribution in [0.2, 0.25) is 0 Å². The number of hydrogen-bond donors (Lipinski definition) is 0. The molecular formula is C9H12N2O. The van der Waals surface area contributed by atoms with Crippen LogP contribution in [0, 0.1) is 11.3 Å². The van der Waals surface area contributed by atoms with Crippen LogP contribution in [-0.4, -0.2) is 23.4 Å². The summed E-state index contributed by atoms with van der Waals surface area (Å²) >= 11 is 0. The molecule has 0 radical (unpaired) electrons. The van der Waals surface area contributed by atoms with Crippen molar-refractivity contribution in [2.75, 3.05) is 6.54 Å². The Labute approximate surface area is 72.3 Å². The first kappa shape index (κ1) is 8.79. The molecule has 0 bridgehead atoms. The fraction of sp³-hybridized carbons (Fsp3) is 0.556. The first-order chi connectivity index (χ1) is 5.79. The molecule has 1 atom stereocenters. The van der Waals surface area contributed by atoms with E-state index in [1.807, 2.05) is 0 Å². The molecule has 12 heavy (non-hydrogen) atoms. The second-order valence-electron chi connectivity index (χ2n) is 2.89. The average molecular weight is 164 g/mol.